The third-order valence-corrected chi connectivity index (χ3v) is 1.24. The van der Waals surface area contributed by atoms with Crippen LogP contribution in [-0.2, 0) is 0 Å². The van der Waals surface area contributed by atoms with Gasteiger partial charge >= 0.3 is 0 Å². The molecule has 0 bridgehead atoms. The fourth-order valence-corrected chi connectivity index (χ4v) is 0.619. The molecule has 0 heterocycles. The highest BCUT2D eigenvalue weighted by atomic mass is 35.5. The Morgan fingerprint density at radius 2 is 1.88 bits per heavy atom. The van der Waals surface area contributed by atoms with Gasteiger partial charge in [0.05, 0.1) is 5.50 Å². The quantitative estimate of drug-likeness (QED) is 0.465. The van der Waals surface area contributed by atoms with Crippen molar-refractivity contribution in [3.63, 3.8) is 0 Å². The van der Waals surface area contributed by atoms with E-state index in [1.807, 2.05) is 0 Å². The predicted octanol–water partition coefficient (Wildman–Crippen LogP) is 1.95. The van der Waals surface area contributed by atoms with Gasteiger partial charge in [-0.2, -0.15) is 0 Å². The molecule has 1 atom stereocenters. The lowest BCUT2D eigenvalue weighted by Crippen LogP contribution is -2.11. The van der Waals surface area contributed by atoms with Crippen molar-refractivity contribution in [1.29, 1.82) is 0 Å². The zero-order valence-electron chi connectivity index (χ0n) is 5.52. The van der Waals surface area contributed by atoms with Crippen LogP contribution in [0.25, 0.3) is 0 Å². The maximum atomic E-state index is 5.50. The first-order valence-electron chi connectivity index (χ1n) is 3.02. The summed E-state index contributed by atoms with van der Waals surface area (Å²) in [6.07, 6.45) is 2.06. The van der Waals surface area contributed by atoms with Crippen molar-refractivity contribution >= 4 is 11.6 Å². The lowest BCUT2D eigenvalue weighted by atomic mass is 10.1. The van der Waals surface area contributed by atoms with E-state index in [0.717, 1.165) is 18.8 Å². The summed E-state index contributed by atoms with van der Waals surface area (Å²) in [5.41, 5.74) is 5.16. The summed E-state index contributed by atoms with van der Waals surface area (Å²) in [6, 6.07) is 0. The van der Waals surface area contributed by atoms with Gasteiger partial charge < -0.3 is 5.73 Å². The minimum atomic E-state index is -0.141. The molecule has 0 spiro atoms. The molecule has 0 aromatic carbocycles. The minimum absolute atomic E-state index is 0.141. The van der Waals surface area contributed by atoms with Crippen LogP contribution in [0.2, 0.25) is 0 Å². The van der Waals surface area contributed by atoms with Crippen LogP contribution in [-0.4, -0.2) is 5.50 Å². The van der Waals surface area contributed by atoms with Crippen molar-refractivity contribution in [2.75, 3.05) is 0 Å². The molecule has 0 aliphatic heterocycles. The van der Waals surface area contributed by atoms with Crippen LogP contribution >= 0.6 is 11.6 Å². The minimum Gasteiger partial charge on any atom is -0.315 e. The number of alkyl halides is 1. The largest absolute Gasteiger partial charge is 0.315 e. The smallest absolute Gasteiger partial charge is 0.0800 e. The van der Waals surface area contributed by atoms with Crippen molar-refractivity contribution in [3.05, 3.63) is 0 Å². The third-order valence-electron chi connectivity index (χ3n) is 1.02. The Bertz CT molecular complexity index is 44.5. The molecular weight excluding hydrogens is 122 g/mol. The van der Waals surface area contributed by atoms with Crippen LogP contribution in [0.5, 0.6) is 0 Å². The first kappa shape index (κ1) is 8.25. The summed E-state index contributed by atoms with van der Waals surface area (Å²) in [7, 11) is 0. The van der Waals surface area contributed by atoms with Gasteiger partial charge in [0.2, 0.25) is 0 Å². The van der Waals surface area contributed by atoms with Gasteiger partial charge in [-0.3, -0.25) is 0 Å². The normalized spacial score (nSPS) is 14.6. The fourth-order valence-electron chi connectivity index (χ4n) is 0.493. The Hall–Kier alpha value is 0.250. The van der Waals surface area contributed by atoms with Crippen LogP contribution in [0.4, 0.5) is 0 Å². The summed E-state index contributed by atoms with van der Waals surface area (Å²) in [5.74, 6) is 0.722. The molecule has 1 unspecified atom stereocenters. The first-order chi connectivity index (χ1) is 3.63. The second-order valence-corrected chi connectivity index (χ2v) is 3.05. The Kier molecular flexibility index (Phi) is 4.29. The highest BCUT2D eigenvalue weighted by molar-refractivity contribution is 6.20. The third kappa shape index (κ3) is 6.25. The van der Waals surface area contributed by atoms with Crippen LogP contribution in [0.3, 0.4) is 0 Å². The average molecular weight is 136 g/mol. The number of hydrogen-bond donors (Lipinski definition) is 1. The van der Waals surface area contributed by atoms with Gasteiger partial charge in [-0.15, -0.1) is 11.6 Å². The maximum Gasteiger partial charge on any atom is 0.0800 e. The molecule has 0 fully saturated rings. The van der Waals surface area contributed by atoms with E-state index < -0.39 is 0 Å². The number of halogens is 1. The Balaban J connectivity index is 2.93. The molecule has 0 saturated heterocycles. The topological polar surface area (TPSA) is 26.0 Å². The van der Waals surface area contributed by atoms with E-state index >= 15 is 0 Å². The molecule has 0 aliphatic carbocycles. The molecule has 0 aliphatic rings. The summed E-state index contributed by atoms with van der Waals surface area (Å²) < 4.78 is 0. The molecule has 2 N–H and O–H groups in total. The van der Waals surface area contributed by atoms with Gasteiger partial charge in [0.25, 0.3) is 0 Å². The predicted molar refractivity (Wildman–Crippen MR) is 37.9 cm³/mol. The number of nitrogens with two attached hydrogens (primary N) is 1. The van der Waals surface area contributed by atoms with E-state index in [2.05, 4.69) is 13.8 Å². The monoisotopic (exact) mass is 135 g/mol. The van der Waals surface area contributed by atoms with E-state index in [1.165, 1.54) is 0 Å². The summed E-state index contributed by atoms with van der Waals surface area (Å²) >= 11 is 5.50. The standard InChI is InChI=1S/C6H14ClN/c1-5(2)3-4-6(7)8/h5-6H,3-4,8H2,1-2H3. The molecule has 50 valence electrons. The van der Waals surface area contributed by atoms with Crippen molar-refractivity contribution in [2.24, 2.45) is 11.7 Å². The molecule has 2 heteroatoms. The highest BCUT2D eigenvalue weighted by Crippen LogP contribution is 2.06. The highest BCUT2D eigenvalue weighted by Gasteiger charge is 1.97. The zero-order valence-corrected chi connectivity index (χ0v) is 6.28. The van der Waals surface area contributed by atoms with E-state index in [4.69, 9.17) is 17.3 Å². The van der Waals surface area contributed by atoms with Gasteiger partial charge in [-0.25, -0.2) is 0 Å². The molecule has 0 radical (unpaired) electrons. The first-order valence-corrected chi connectivity index (χ1v) is 3.46. The maximum absolute atomic E-state index is 5.50. The second-order valence-electron chi connectivity index (χ2n) is 2.49. The molecule has 0 aromatic heterocycles. The average Bonchev–Trinajstić information content (AvgIpc) is 1.61. The van der Waals surface area contributed by atoms with E-state index in [9.17, 15) is 0 Å². The molecule has 8 heavy (non-hydrogen) atoms. The van der Waals surface area contributed by atoms with Crippen molar-refractivity contribution in [2.45, 2.75) is 32.2 Å². The molecular formula is C6H14ClN. The lowest BCUT2D eigenvalue weighted by Gasteiger charge is -2.04. The molecule has 0 aromatic rings. The summed E-state index contributed by atoms with van der Waals surface area (Å²) in [5, 5.41) is 0. The lowest BCUT2D eigenvalue weighted by molar-refractivity contribution is 0.547. The zero-order chi connectivity index (χ0) is 6.57. The van der Waals surface area contributed by atoms with E-state index in [1.54, 1.807) is 0 Å². The molecule has 0 rings (SSSR count). The Morgan fingerprint density at radius 3 is 2.00 bits per heavy atom. The van der Waals surface area contributed by atoms with Crippen molar-refractivity contribution < 1.29 is 0 Å². The van der Waals surface area contributed by atoms with E-state index in [0.29, 0.717) is 0 Å². The van der Waals surface area contributed by atoms with Gasteiger partial charge in [-0.05, 0) is 18.8 Å². The fraction of sp³-hybridized carbons (Fsp3) is 1.00. The molecule has 0 amide bonds. The van der Waals surface area contributed by atoms with Crippen molar-refractivity contribution in [1.82, 2.24) is 0 Å². The van der Waals surface area contributed by atoms with Crippen LogP contribution in [0, 0.1) is 5.92 Å². The van der Waals surface area contributed by atoms with Crippen LogP contribution < -0.4 is 5.73 Å². The number of hydrogen-bond acceptors (Lipinski definition) is 1. The van der Waals surface area contributed by atoms with Crippen molar-refractivity contribution in [3.8, 4) is 0 Å². The van der Waals surface area contributed by atoms with Gasteiger partial charge in [-0.1, -0.05) is 13.8 Å². The van der Waals surface area contributed by atoms with Crippen LogP contribution in [0.15, 0.2) is 0 Å². The summed E-state index contributed by atoms with van der Waals surface area (Å²) in [6.45, 7) is 4.33. The van der Waals surface area contributed by atoms with Gasteiger partial charge in [0, 0.05) is 0 Å². The Labute approximate surface area is 56.2 Å². The second kappa shape index (κ2) is 4.16. The van der Waals surface area contributed by atoms with Crippen LogP contribution in [0.1, 0.15) is 26.7 Å². The molecule has 0 saturated carbocycles. The molecule has 1 nitrogen and oxygen atoms in total. The van der Waals surface area contributed by atoms with Gasteiger partial charge in [0.15, 0.2) is 0 Å². The Morgan fingerprint density at radius 1 is 1.38 bits per heavy atom. The SMILES string of the molecule is CC(C)CCC(N)Cl. The number of rotatable bonds is 3. The van der Waals surface area contributed by atoms with Gasteiger partial charge in [0.1, 0.15) is 0 Å². The summed E-state index contributed by atoms with van der Waals surface area (Å²) in [4.78, 5) is 0. The van der Waals surface area contributed by atoms with E-state index in [-0.39, 0.29) is 5.50 Å².